The number of nitrogens with one attached hydrogen (secondary N) is 1. The molecule has 0 bridgehead atoms. The lowest BCUT2D eigenvalue weighted by molar-refractivity contribution is -0.137. The van der Waals surface area contributed by atoms with E-state index in [4.69, 9.17) is 4.74 Å². The van der Waals surface area contributed by atoms with Crippen molar-refractivity contribution >= 4 is 5.82 Å². The van der Waals surface area contributed by atoms with Gasteiger partial charge in [-0.05, 0) is 18.9 Å². The molecule has 0 aromatic carbocycles. The molecule has 1 aromatic heterocycles. The summed E-state index contributed by atoms with van der Waals surface area (Å²) in [6.45, 7) is 4.94. The van der Waals surface area contributed by atoms with E-state index in [1.807, 2.05) is 6.92 Å². The topological polar surface area (TPSA) is 34.1 Å². The maximum atomic E-state index is 12.8. The highest BCUT2D eigenvalue weighted by molar-refractivity contribution is 5.42. The molecule has 0 fully saturated rings. The van der Waals surface area contributed by atoms with Gasteiger partial charge in [0.1, 0.15) is 5.82 Å². The van der Waals surface area contributed by atoms with Gasteiger partial charge in [-0.3, -0.25) is 0 Å². The number of rotatable bonds is 8. The van der Waals surface area contributed by atoms with Gasteiger partial charge in [-0.1, -0.05) is 26.7 Å². The summed E-state index contributed by atoms with van der Waals surface area (Å²) in [5, 5.41) is 2.86. The van der Waals surface area contributed by atoms with E-state index in [2.05, 4.69) is 17.2 Å². The van der Waals surface area contributed by atoms with Gasteiger partial charge >= 0.3 is 6.18 Å². The fourth-order valence-corrected chi connectivity index (χ4v) is 1.62. The monoisotopic (exact) mass is 290 g/mol. The Morgan fingerprint density at radius 3 is 2.50 bits per heavy atom. The number of alkyl halides is 3. The van der Waals surface area contributed by atoms with Crippen molar-refractivity contribution in [2.75, 3.05) is 18.5 Å². The van der Waals surface area contributed by atoms with E-state index in [-0.39, 0.29) is 11.7 Å². The molecule has 0 atom stereocenters. The van der Waals surface area contributed by atoms with E-state index >= 15 is 0 Å². The zero-order valence-electron chi connectivity index (χ0n) is 11.9. The van der Waals surface area contributed by atoms with E-state index in [1.54, 1.807) is 0 Å². The van der Waals surface area contributed by atoms with Crippen molar-refractivity contribution in [1.29, 1.82) is 0 Å². The lowest BCUT2D eigenvalue weighted by Gasteiger charge is -2.13. The zero-order chi connectivity index (χ0) is 15.0. The number of anilines is 1. The fraction of sp³-hybridized carbons (Fsp3) is 0.643. The van der Waals surface area contributed by atoms with Crippen molar-refractivity contribution in [2.24, 2.45) is 0 Å². The molecule has 0 saturated heterocycles. The number of ether oxygens (including phenoxy) is 1. The van der Waals surface area contributed by atoms with Crippen LogP contribution in [0.15, 0.2) is 12.1 Å². The lowest BCUT2D eigenvalue weighted by atomic mass is 10.2. The molecule has 1 aromatic rings. The molecule has 114 valence electrons. The van der Waals surface area contributed by atoms with E-state index in [0.717, 1.165) is 37.8 Å². The quantitative estimate of drug-likeness (QED) is 0.716. The highest BCUT2D eigenvalue weighted by atomic mass is 19.4. The van der Waals surface area contributed by atoms with Crippen molar-refractivity contribution in [2.45, 2.75) is 45.7 Å². The van der Waals surface area contributed by atoms with Crippen molar-refractivity contribution in [3.05, 3.63) is 17.7 Å². The number of nitrogens with zero attached hydrogens (tertiary/aromatic N) is 1. The van der Waals surface area contributed by atoms with Crippen molar-refractivity contribution in [1.82, 2.24) is 4.98 Å². The number of halogens is 3. The third kappa shape index (κ3) is 5.67. The Hall–Kier alpha value is -1.46. The van der Waals surface area contributed by atoms with Crippen molar-refractivity contribution in [3.63, 3.8) is 0 Å². The van der Waals surface area contributed by atoms with Crippen LogP contribution in [0.2, 0.25) is 0 Å². The average molecular weight is 290 g/mol. The fourth-order valence-electron chi connectivity index (χ4n) is 1.62. The molecule has 1 N–H and O–H groups in total. The van der Waals surface area contributed by atoms with E-state index in [0.29, 0.717) is 13.2 Å². The molecular formula is C14H21F3N2O. The third-order valence-electron chi connectivity index (χ3n) is 2.68. The van der Waals surface area contributed by atoms with Crippen molar-refractivity contribution in [3.8, 4) is 5.88 Å². The second-order valence-electron chi connectivity index (χ2n) is 4.56. The van der Waals surface area contributed by atoms with Gasteiger partial charge in [0.05, 0.1) is 12.2 Å². The minimum Gasteiger partial charge on any atom is -0.478 e. The van der Waals surface area contributed by atoms with Gasteiger partial charge < -0.3 is 10.1 Å². The van der Waals surface area contributed by atoms with Gasteiger partial charge in [0.15, 0.2) is 0 Å². The van der Waals surface area contributed by atoms with Gasteiger partial charge in [-0.15, -0.1) is 0 Å². The first kappa shape index (κ1) is 16.6. The lowest BCUT2D eigenvalue weighted by Crippen LogP contribution is -2.10. The molecule has 0 saturated carbocycles. The molecule has 0 spiro atoms. The summed E-state index contributed by atoms with van der Waals surface area (Å²) in [5.41, 5.74) is -0.739. The van der Waals surface area contributed by atoms with Crippen LogP contribution in [0.3, 0.4) is 0 Å². The second kappa shape index (κ2) is 7.97. The first-order valence-corrected chi connectivity index (χ1v) is 6.93. The summed E-state index contributed by atoms with van der Waals surface area (Å²) in [6, 6.07) is 1.96. The Balaban J connectivity index is 2.80. The normalized spacial score (nSPS) is 11.4. The molecule has 20 heavy (non-hydrogen) atoms. The molecule has 6 heteroatoms. The number of unbranched alkanes of at least 4 members (excludes halogenated alkanes) is 2. The van der Waals surface area contributed by atoms with Crippen LogP contribution in [0.4, 0.5) is 19.0 Å². The van der Waals surface area contributed by atoms with E-state index in [1.165, 1.54) is 0 Å². The molecule has 3 nitrogen and oxygen atoms in total. The molecule has 0 aliphatic carbocycles. The van der Waals surface area contributed by atoms with E-state index in [9.17, 15) is 13.2 Å². The Labute approximate surface area is 117 Å². The van der Waals surface area contributed by atoms with Crippen LogP contribution >= 0.6 is 0 Å². The molecule has 0 aliphatic rings. The molecule has 0 amide bonds. The van der Waals surface area contributed by atoms with Crippen LogP contribution in [-0.4, -0.2) is 18.1 Å². The number of hydrogen-bond donors (Lipinski definition) is 1. The number of hydrogen-bond acceptors (Lipinski definition) is 3. The smallest absolute Gasteiger partial charge is 0.416 e. The summed E-state index contributed by atoms with van der Waals surface area (Å²) in [6.07, 6.45) is -0.757. The largest absolute Gasteiger partial charge is 0.478 e. The van der Waals surface area contributed by atoms with Crippen LogP contribution in [0, 0.1) is 0 Å². The maximum absolute atomic E-state index is 12.8. The Bertz CT molecular complexity index is 408. The van der Waals surface area contributed by atoms with Gasteiger partial charge in [0.25, 0.3) is 0 Å². The number of aromatic nitrogens is 1. The molecular weight excluding hydrogens is 269 g/mol. The summed E-state index contributed by atoms with van der Waals surface area (Å²) in [5.74, 6) is 0.224. The van der Waals surface area contributed by atoms with Gasteiger partial charge in [-0.2, -0.15) is 18.2 Å². The summed E-state index contributed by atoms with van der Waals surface area (Å²) >= 11 is 0. The van der Waals surface area contributed by atoms with Crippen LogP contribution in [-0.2, 0) is 6.18 Å². The Morgan fingerprint density at radius 2 is 1.90 bits per heavy atom. The van der Waals surface area contributed by atoms with Crippen molar-refractivity contribution < 1.29 is 17.9 Å². The van der Waals surface area contributed by atoms with Gasteiger partial charge in [-0.25, -0.2) is 0 Å². The average Bonchev–Trinajstić information content (AvgIpc) is 2.40. The molecule has 1 heterocycles. The molecule has 1 rings (SSSR count). The van der Waals surface area contributed by atoms with Crippen LogP contribution in [0.1, 0.15) is 45.1 Å². The first-order valence-electron chi connectivity index (χ1n) is 6.93. The predicted octanol–water partition coefficient (Wildman–Crippen LogP) is 4.49. The first-order chi connectivity index (χ1) is 9.47. The molecule has 0 aliphatic heterocycles. The van der Waals surface area contributed by atoms with Crippen LogP contribution < -0.4 is 10.1 Å². The molecule has 0 unspecified atom stereocenters. The van der Waals surface area contributed by atoms with Crippen LogP contribution in [0.5, 0.6) is 5.88 Å². The highest BCUT2D eigenvalue weighted by Gasteiger charge is 2.32. The summed E-state index contributed by atoms with van der Waals surface area (Å²) < 4.78 is 43.7. The Morgan fingerprint density at radius 1 is 1.15 bits per heavy atom. The van der Waals surface area contributed by atoms with E-state index < -0.39 is 11.7 Å². The zero-order valence-corrected chi connectivity index (χ0v) is 11.9. The minimum atomic E-state index is -4.40. The minimum absolute atomic E-state index is 0.0227. The Kier molecular flexibility index (Phi) is 6.61. The highest BCUT2D eigenvalue weighted by Crippen LogP contribution is 2.32. The third-order valence-corrected chi connectivity index (χ3v) is 2.68. The summed E-state index contributed by atoms with van der Waals surface area (Å²) in [4.78, 5) is 4.05. The summed E-state index contributed by atoms with van der Waals surface area (Å²) in [7, 11) is 0. The van der Waals surface area contributed by atoms with Gasteiger partial charge in [0.2, 0.25) is 5.88 Å². The second-order valence-corrected chi connectivity index (χ2v) is 4.56. The number of pyridine rings is 1. The standard InChI is InChI=1S/C14H21F3N2O/c1-3-5-6-8-20-13-10-11(14(15,16)17)9-12(19-13)18-7-4-2/h9-10H,3-8H2,1-2H3,(H,18,19). The van der Waals surface area contributed by atoms with Crippen LogP contribution in [0.25, 0.3) is 0 Å². The predicted molar refractivity (Wildman–Crippen MR) is 73.0 cm³/mol. The molecule has 0 radical (unpaired) electrons. The SMILES string of the molecule is CCCCCOc1cc(C(F)(F)F)cc(NCCC)n1. The maximum Gasteiger partial charge on any atom is 0.416 e. The van der Waals surface area contributed by atoms with Gasteiger partial charge in [0, 0.05) is 12.6 Å².